The SMILES string of the molecule is CCCCCCCCCCCCCCCCCCCCCCCCCCCCCCCCCCCCCCCCCP(C)(C)(C)Br. The summed E-state index contributed by atoms with van der Waals surface area (Å²) in [4.78, 5) is 0. The van der Waals surface area contributed by atoms with Gasteiger partial charge in [-0.3, -0.25) is 0 Å². The zero-order valence-corrected chi connectivity index (χ0v) is 35.6. The van der Waals surface area contributed by atoms with E-state index in [-0.39, 0.29) is 0 Å². The van der Waals surface area contributed by atoms with Gasteiger partial charge < -0.3 is 0 Å². The molecule has 46 heavy (non-hydrogen) atoms. The average Bonchev–Trinajstić information content (AvgIpc) is 3.01. The molecular formula is C44H92BrP. The fourth-order valence-electron chi connectivity index (χ4n) is 7.26. The molecule has 0 saturated heterocycles. The molecule has 0 saturated carbocycles. The zero-order chi connectivity index (χ0) is 33.7. The summed E-state index contributed by atoms with van der Waals surface area (Å²) in [5, 5.41) is -1.43. The van der Waals surface area contributed by atoms with E-state index < -0.39 is 5.31 Å². The topological polar surface area (TPSA) is 0 Å². The van der Waals surface area contributed by atoms with Gasteiger partial charge in [0.2, 0.25) is 0 Å². The standard InChI is InChI=1S/C44H92BrP/c1-5-6-7-8-9-10-11-12-13-14-15-16-17-18-19-20-21-22-23-24-25-26-27-28-29-30-31-32-33-34-35-36-37-38-39-40-41-42-43-44-46(2,3,4)45/h5-44H2,1-4H3. The molecule has 0 aliphatic rings. The molecule has 2 heteroatoms. The molecule has 0 atom stereocenters. The van der Waals surface area contributed by atoms with Gasteiger partial charge in [0.25, 0.3) is 0 Å². The molecule has 280 valence electrons. The Hall–Kier alpha value is 0.910. The predicted molar refractivity (Wildman–Crippen MR) is 224 cm³/mol. The number of halogens is 1. The Morgan fingerprint density at radius 2 is 0.370 bits per heavy atom. The van der Waals surface area contributed by atoms with Crippen molar-refractivity contribution in [2.45, 2.75) is 257 Å². The Balaban J connectivity index is 3.07. The molecule has 0 radical (unpaired) electrons. The van der Waals surface area contributed by atoms with Crippen molar-refractivity contribution >= 4 is 20.8 Å². The van der Waals surface area contributed by atoms with E-state index >= 15 is 0 Å². The monoisotopic (exact) mass is 731 g/mol. The molecule has 0 unspecified atom stereocenters. The molecule has 0 aromatic rings. The molecule has 0 rings (SSSR count). The average molecular weight is 732 g/mol. The summed E-state index contributed by atoms with van der Waals surface area (Å²) in [7, 11) is 0. The van der Waals surface area contributed by atoms with E-state index in [1.807, 2.05) is 0 Å². The van der Waals surface area contributed by atoms with Crippen molar-refractivity contribution < 1.29 is 0 Å². The Labute approximate surface area is 303 Å². The summed E-state index contributed by atoms with van der Waals surface area (Å²) in [6.07, 6.45) is 59.2. The summed E-state index contributed by atoms with van der Waals surface area (Å²) in [5.74, 6) is 0. The summed E-state index contributed by atoms with van der Waals surface area (Å²) in [5.41, 5.74) is 0. The van der Waals surface area contributed by atoms with Gasteiger partial charge in [-0.2, -0.15) is 0 Å². The third-order valence-corrected chi connectivity index (χ3v) is 13.4. The summed E-state index contributed by atoms with van der Waals surface area (Å²) in [6, 6.07) is 0. The molecule has 0 N–H and O–H groups in total. The summed E-state index contributed by atoms with van der Waals surface area (Å²) in [6.45, 7) is 9.63. The third kappa shape index (κ3) is 44.9. The molecule has 0 aromatic heterocycles. The number of rotatable bonds is 40. The van der Waals surface area contributed by atoms with Gasteiger partial charge in [0.15, 0.2) is 0 Å². The van der Waals surface area contributed by atoms with Crippen LogP contribution >= 0.6 is 20.8 Å². The Morgan fingerprint density at radius 3 is 0.500 bits per heavy atom. The Kier molecular flexibility index (Phi) is 36.4. The number of hydrogen-bond donors (Lipinski definition) is 0. The van der Waals surface area contributed by atoms with Gasteiger partial charge in [-0.1, -0.05) is 187 Å². The van der Waals surface area contributed by atoms with Gasteiger partial charge in [-0.25, -0.2) is 0 Å². The number of hydrogen-bond acceptors (Lipinski definition) is 0. The van der Waals surface area contributed by atoms with E-state index in [0.717, 1.165) is 0 Å². The maximum absolute atomic E-state index is 3.99. The quantitative estimate of drug-likeness (QED) is 0.0435. The van der Waals surface area contributed by atoms with E-state index in [9.17, 15) is 0 Å². The van der Waals surface area contributed by atoms with Crippen molar-refractivity contribution in [3.63, 3.8) is 0 Å². The molecule has 0 aliphatic heterocycles. The second-order valence-electron chi connectivity index (χ2n) is 17.1. The van der Waals surface area contributed by atoms with Crippen LogP contribution in [0.25, 0.3) is 0 Å². The van der Waals surface area contributed by atoms with Crippen molar-refractivity contribution in [2.75, 3.05) is 26.2 Å². The first kappa shape index (κ1) is 46.9. The molecule has 0 bridgehead atoms. The first-order chi connectivity index (χ1) is 22.3. The van der Waals surface area contributed by atoms with E-state index in [2.05, 4.69) is 42.4 Å². The van der Waals surface area contributed by atoms with Crippen LogP contribution < -0.4 is 0 Å². The molecule has 0 spiro atoms. The van der Waals surface area contributed by atoms with Gasteiger partial charge in [-0.15, -0.1) is 0 Å². The van der Waals surface area contributed by atoms with Gasteiger partial charge >= 0.3 is 118 Å². The summed E-state index contributed by atoms with van der Waals surface area (Å²) >= 11 is 3.99. The van der Waals surface area contributed by atoms with Gasteiger partial charge in [0.1, 0.15) is 0 Å². The first-order valence-electron chi connectivity index (χ1n) is 22.0. The normalized spacial score (nSPS) is 12.9. The maximum atomic E-state index is 3.99. The van der Waals surface area contributed by atoms with Gasteiger partial charge in [0, 0.05) is 0 Å². The van der Waals surface area contributed by atoms with Crippen molar-refractivity contribution in [1.82, 2.24) is 0 Å². The van der Waals surface area contributed by atoms with Crippen LogP contribution in [0.4, 0.5) is 0 Å². The third-order valence-electron chi connectivity index (χ3n) is 10.5. The Morgan fingerprint density at radius 1 is 0.239 bits per heavy atom. The minimum atomic E-state index is -1.43. The minimum absolute atomic E-state index is 1.37. The van der Waals surface area contributed by atoms with Crippen molar-refractivity contribution in [3.05, 3.63) is 0 Å². The second-order valence-corrected chi connectivity index (χ2v) is 31.2. The van der Waals surface area contributed by atoms with Crippen molar-refractivity contribution in [2.24, 2.45) is 0 Å². The van der Waals surface area contributed by atoms with E-state index in [4.69, 9.17) is 0 Å². The molecule has 0 amide bonds. The predicted octanol–water partition coefficient (Wildman–Crippen LogP) is 18.0. The second kappa shape index (κ2) is 35.7. The molecular weight excluding hydrogens is 639 g/mol. The van der Waals surface area contributed by atoms with Crippen molar-refractivity contribution in [1.29, 1.82) is 0 Å². The summed E-state index contributed by atoms with van der Waals surface area (Å²) < 4.78 is 0. The van der Waals surface area contributed by atoms with Crippen LogP contribution in [-0.4, -0.2) is 26.2 Å². The van der Waals surface area contributed by atoms with Crippen LogP contribution in [0.15, 0.2) is 0 Å². The van der Waals surface area contributed by atoms with Gasteiger partial charge in [0.05, 0.1) is 0 Å². The van der Waals surface area contributed by atoms with E-state index in [1.54, 1.807) is 0 Å². The van der Waals surface area contributed by atoms with E-state index in [0.29, 0.717) is 0 Å². The molecule has 0 fully saturated rings. The fraction of sp³-hybridized carbons (Fsp3) is 1.00. The van der Waals surface area contributed by atoms with Crippen LogP contribution in [0, 0.1) is 0 Å². The van der Waals surface area contributed by atoms with Crippen LogP contribution in [0.1, 0.15) is 257 Å². The molecule has 0 heterocycles. The fourth-order valence-corrected chi connectivity index (χ4v) is 9.30. The van der Waals surface area contributed by atoms with Crippen molar-refractivity contribution in [3.8, 4) is 0 Å². The number of unbranched alkanes of at least 4 members (excludes halogenated alkanes) is 38. The van der Waals surface area contributed by atoms with Crippen LogP contribution in [0.3, 0.4) is 0 Å². The Bertz CT molecular complexity index is 555. The van der Waals surface area contributed by atoms with Crippen LogP contribution in [0.5, 0.6) is 0 Å². The van der Waals surface area contributed by atoms with Crippen LogP contribution in [-0.2, 0) is 0 Å². The molecule has 0 aliphatic carbocycles. The first-order valence-corrected chi connectivity index (χ1v) is 27.8. The van der Waals surface area contributed by atoms with E-state index in [1.165, 1.54) is 257 Å². The molecule has 0 aromatic carbocycles. The van der Waals surface area contributed by atoms with Gasteiger partial charge in [-0.05, 0) is 0 Å². The van der Waals surface area contributed by atoms with Crippen LogP contribution in [0.2, 0.25) is 0 Å². The zero-order valence-electron chi connectivity index (χ0n) is 33.1. The molecule has 0 nitrogen and oxygen atoms in total.